The summed E-state index contributed by atoms with van der Waals surface area (Å²) in [6.45, 7) is 1.81. The second-order valence-electron chi connectivity index (χ2n) is 6.99. The summed E-state index contributed by atoms with van der Waals surface area (Å²) in [6.07, 6.45) is -0.963. The Kier molecular flexibility index (Phi) is 6.59. The number of hydrogen-bond donors (Lipinski definition) is 0. The number of ether oxygens (including phenoxy) is 2. The minimum absolute atomic E-state index is 0.0410. The van der Waals surface area contributed by atoms with Gasteiger partial charge in [0.1, 0.15) is 11.9 Å². The maximum Gasteiger partial charge on any atom is 0.257 e. The van der Waals surface area contributed by atoms with Gasteiger partial charge in [0, 0.05) is 19.8 Å². The molecule has 158 valence electrons. The normalized spacial score (nSPS) is 16.4. The lowest BCUT2D eigenvalue weighted by atomic mass is 10.1. The average molecular weight is 414 g/mol. The van der Waals surface area contributed by atoms with Gasteiger partial charge in [-0.15, -0.1) is 0 Å². The van der Waals surface area contributed by atoms with Crippen molar-refractivity contribution in [3.05, 3.63) is 65.5 Å². The van der Waals surface area contributed by atoms with Crippen molar-refractivity contribution < 1.29 is 28.2 Å². The van der Waals surface area contributed by atoms with Crippen LogP contribution in [-0.2, 0) is 19.1 Å². The summed E-state index contributed by atoms with van der Waals surface area (Å²) >= 11 is 0. The summed E-state index contributed by atoms with van der Waals surface area (Å²) in [4.78, 5) is 41.3. The second kappa shape index (κ2) is 9.15. The van der Waals surface area contributed by atoms with E-state index in [-0.39, 0.29) is 18.7 Å². The molecule has 2 aromatic rings. The molecule has 7 nitrogen and oxygen atoms in total. The number of nitrogens with zero attached hydrogens (tertiary/aromatic N) is 2. The van der Waals surface area contributed by atoms with Crippen LogP contribution < -0.4 is 4.90 Å². The van der Waals surface area contributed by atoms with E-state index in [0.29, 0.717) is 5.56 Å². The summed E-state index contributed by atoms with van der Waals surface area (Å²) < 4.78 is 23.7. The van der Waals surface area contributed by atoms with E-state index in [4.69, 9.17) is 9.47 Å². The van der Waals surface area contributed by atoms with E-state index in [0.717, 1.165) is 10.5 Å². The van der Waals surface area contributed by atoms with Gasteiger partial charge in [0.05, 0.1) is 18.7 Å². The maximum absolute atomic E-state index is 13.3. The quantitative estimate of drug-likeness (QED) is 0.514. The molecule has 1 unspecified atom stereocenters. The van der Waals surface area contributed by atoms with Crippen LogP contribution in [0.1, 0.15) is 22.3 Å². The Hall–Kier alpha value is -3.10. The number of anilines is 1. The van der Waals surface area contributed by atoms with Gasteiger partial charge >= 0.3 is 0 Å². The molecule has 0 N–H and O–H groups in total. The highest BCUT2D eigenvalue weighted by Gasteiger charge is 2.45. The molecule has 1 saturated heterocycles. The van der Waals surface area contributed by atoms with E-state index in [1.54, 1.807) is 18.2 Å². The Bertz CT molecular complexity index is 943. The van der Waals surface area contributed by atoms with Crippen LogP contribution in [-0.4, -0.2) is 55.7 Å². The van der Waals surface area contributed by atoms with E-state index < -0.39 is 35.9 Å². The van der Waals surface area contributed by atoms with Gasteiger partial charge in [-0.3, -0.25) is 14.4 Å². The van der Waals surface area contributed by atoms with Gasteiger partial charge in [0.25, 0.3) is 11.8 Å². The molecule has 0 radical (unpaired) electrons. The predicted octanol–water partition coefficient (Wildman–Crippen LogP) is 2.53. The monoisotopic (exact) mass is 414 g/mol. The minimum Gasteiger partial charge on any atom is -0.354 e. The van der Waals surface area contributed by atoms with Crippen LogP contribution in [0.25, 0.3) is 0 Å². The first kappa shape index (κ1) is 21.6. The molecule has 0 spiro atoms. The fraction of sp³-hybridized carbons (Fsp3) is 0.318. The van der Waals surface area contributed by atoms with Gasteiger partial charge in [-0.25, -0.2) is 9.29 Å². The Morgan fingerprint density at radius 3 is 2.43 bits per heavy atom. The zero-order valence-corrected chi connectivity index (χ0v) is 17.0. The van der Waals surface area contributed by atoms with Crippen LogP contribution in [0.15, 0.2) is 48.5 Å². The van der Waals surface area contributed by atoms with Crippen molar-refractivity contribution in [3.63, 3.8) is 0 Å². The lowest BCUT2D eigenvalue weighted by molar-refractivity contribution is -0.128. The van der Waals surface area contributed by atoms with Gasteiger partial charge in [-0.1, -0.05) is 17.7 Å². The molecule has 8 heteroatoms. The van der Waals surface area contributed by atoms with Crippen molar-refractivity contribution in [2.75, 3.05) is 25.7 Å². The van der Waals surface area contributed by atoms with E-state index >= 15 is 0 Å². The first-order valence-electron chi connectivity index (χ1n) is 9.41. The van der Waals surface area contributed by atoms with Gasteiger partial charge in [-0.2, -0.15) is 0 Å². The molecular formula is C22H23FN2O5. The summed E-state index contributed by atoms with van der Waals surface area (Å²) in [6, 6.07) is 11.0. The number of carbonyl (C=O) groups excluding carboxylic acids is 3. The van der Waals surface area contributed by atoms with Crippen molar-refractivity contribution in [2.24, 2.45) is 0 Å². The van der Waals surface area contributed by atoms with Crippen LogP contribution in [0.3, 0.4) is 0 Å². The van der Waals surface area contributed by atoms with Crippen molar-refractivity contribution in [2.45, 2.75) is 25.7 Å². The number of imide groups is 1. The number of rotatable bonds is 7. The summed E-state index contributed by atoms with van der Waals surface area (Å²) in [5, 5.41) is 0. The zero-order valence-electron chi connectivity index (χ0n) is 17.0. The van der Waals surface area contributed by atoms with Crippen molar-refractivity contribution in [1.82, 2.24) is 4.90 Å². The van der Waals surface area contributed by atoms with Gasteiger partial charge in [-0.05, 0) is 43.3 Å². The molecular weight excluding hydrogens is 391 g/mol. The van der Waals surface area contributed by atoms with E-state index in [1.165, 1.54) is 43.4 Å². The topological polar surface area (TPSA) is 76.2 Å². The molecule has 1 heterocycles. The summed E-state index contributed by atoms with van der Waals surface area (Å²) in [7, 11) is 2.85. The van der Waals surface area contributed by atoms with Crippen LogP contribution in [0.4, 0.5) is 10.1 Å². The van der Waals surface area contributed by atoms with Gasteiger partial charge < -0.3 is 14.4 Å². The maximum atomic E-state index is 13.3. The molecule has 1 aliphatic heterocycles. The van der Waals surface area contributed by atoms with Gasteiger partial charge in [0.2, 0.25) is 5.91 Å². The number of methoxy groups -OCH3 is 2. The molecule has 2 aromatic carbocycles. The molecule has 30 heavy (non-hydrogen) atoms. The molecule has 0 saturated carbocycles. The highest BCUT2D eigenvalue weighted by molar-refractivity contribution is 6.23. The van der Waals surface area contributed by atoms with Crippen LogP contribution >= 0.6 is 0 Å². The van der Waals surface area contributed by atoms with Crippen LogP contribution in [0.2, 0.25) is 0 Å². The Morgan fingerprint density at radius 2 is 1.83 bits per heavy atom. The molecule has 3 amide bonds. The molecule has 3 rings (SSSR count). The summed E-state index contributed by atoms with van der Waals surface area (Å²) in [5.41, 5.74) is 1.53. The van der Waals surface area contributed by atoms with E-state index in [9.17, 15) is 18.8 Å². The number of hydrogen-bond acceptors (Lipinski definition) is 5. The Morgan fingerprint density at radius 1 is 1.17 bits per heavy atom. The molecule has 0 bridgehead atoms. The second-order valence-corrected chi connectivity index (χ2v) is 6.99. The SMILES string of the molecule is COC(CN(C(=O)c1cccc(C)c1)C1CC(=O)N(c2ccc(F)cc2)C1=O)OC. The lowest BCUT2D eigenvalue weighted by Crippen LogP contribution is -2.49. The highest BCUT2D eigenvalue weighted by atomic mass is 19.1. The lowest BCUT2D eigenvalue weighted by Gasteiger charge is -2.30. The smallest absolute Gasteiger partial charge is 0.257 e. The Balaban J connectivity index is 1.94. The fourth-order valence-corrected chi connectivity index (χ4v) is 3.42. The standard InChI is InChI=1S/C22H23FN2O5/c1-14-5-4-6-15(11-14)21(27)24(13-20(29-2)30-3)18-12-19(26)25(22(18)28)17-9-7-16(23)8-10-17/h4-11,18,20H,12-13H2,1-3H3. The number of amides is 3. The van der Waals surface area contributed by atoms with Gasteiger partial charge in [0.15, 0.2) is 6.29 Å². The molecule has 1 atom stereocenters. The fourth-order valence-electron chi connectivity index (χ4n) is 3.42. The van der Waals surface area contributed by atoms with Crippen molar-refractivity contribution >= 4 is 23.4 Å². The number of benzene rings is 2. The van der Waals surface area contributed by atoms with Crippen LogP contribution in [0, 0.1) is 12.7 Å². The van der Waals surface area contributed by atoms with E-state index in [1.807, 2.05) is 13.0 Å². The van der Waals surface area contributed by atoms with Crippen molar-refractivity contribution in [3.8, 4) is 0 Å². The van der Waals surface area contributed by atoms with Crippen LogP contribution in [0.5, 0.6) is 0 Å². The number of carbonyl (C=O) groups is 3. The average Bonchev–Trinajstić information content (AvgIpc) is 3.03. The highest BCUT2D eigenvalue weighted by Crippen LogP contribution is 2.27. The molecule has 0 aromatic heterocycles. The zero-order chi connectivity index (χ0) is 21.8. The largest absolute Gasteiger partial charge is 0.354 e. The predicted molar refractivity (Wildman–Crippen MR) is 107 cm³/mol. The number of halogens is 1. The van der Waals surface area contributed by atoms with E-state index in [2.05, 4.69) is 0 Å². The minimum atomic E-state index is -1.02. The summed E-state index contributed by atoms with van der Waals surface area (Å²) in [5.74, 6) is -1.91. The third-order valence-electron chi connectivity index (χ3n) is 4.98. The molecule has 1 fully saturated rings. The first-order valence-corrected chi connectivity index (χ1v) is 9.41. The number of aryl methyl sites for hydroxylation is 1. The van der Waals surface area contributed by atoms with Crippen molar-refractivity contribution in [1.29, 1.82) is 0 Å². The third kappa shape index (κ3) is 4.39. The molecule has 1 aliphatic rings. The third-order valence-corrected chi connectivity index (χ3v) is 4.98. The first-order chi connectivity index (χ1) is 14.3. The molecule has 0 aliphatic carbocycles. The Labute approximate surface area is 174 Å².